The van der Waals surface area contributed by atoms with Crippen molar-refractivity contribution in [2.75, 3.05) is 0 Å². The Labute approximate surface area is 68.0 Å². The van der Waals surface area contributed by atoms with Gasteiger partial charge in [-0.3, -0.25) is 0 Å². The van der Waals surface area contributed by atoms with E-state index in [1.165, 1.54) is 11.4 Å². The van der Waals surface area contributed by atoms with Gasteiger partial charge in [0.1, 0.15) is 0 Å². The maximum absolute atomic E-state index is 4.28. The van der Waals surface area contributed by atoms with Crippen LogP contribution in [0.15, 0.2) is 6.33 Å². The van der Waals surface area contributed by atoms with Crippen molar-refractivity contribution in [3.05, 3.63) is 17.7 Å². The van der Waals surface area contributed by atoms with Gasteiger partial charge in [0.15, 0.2) is 0 Å². The van der Waals surface area contributed by atoms with Crippen LogP contribution in [0.2, 0.25) is 0 Å². The van der Waals surface area contributed by atoms with E-state index in [1.807, 2.05) is 0 Å². The van der Waals surface area contributed by atoms with Crippen LogP contribution in [0.25, 0.3) is 0 Å². The van der Waals surface area contributed by atoms with Gasteiger partial charge in [0.2, 0.25) is 0 Å². The first-order chi connectivity index (χ1) is 5.13. The minimum Gasteiger partial charge on any atom is -0.348 e. The Kier molecular flexibility index (Phi) is 2.32. The molecule has 1 aromatic rings. The van der Waals surface area contributed by atoms with Crippen LogP contribution in [0.4, 0.5) is 0 Å². The van der Waals surface area contributed by atoms with Crippen molar-refractivity contribution in [1.29, 1.82) is 0 Å². The summed E-state index contributed by atoms with van der Waals surface area (Å²) in [4.78, 5) is 7.46. The van der Waals surface area contributed by atoms with Crippen LogP contribution >= 0.6 is 0 Å². The molecule has 0 radical (unpaired) electrons. The highest BCUT2D eigenvalue weighted by molar-refractivity contribution is 5.17. The van der Waals surface area contributed by atoms with E-state index >= 15 is 0 Å². The van der Waals surface area contributed by atoms with Crippen LogP contribution in [-0.2, 0) is 0 Å². The van der Waals surface area contributed by atoms with Gasteiger partial charge in [-0.05, 0) is 11.8 Å². The fraction of sp³-hybridized carbons (Fsp3) is 0.667. The third-order valence-electron chi connectivity index (χ3n) is 1.82. The Hall–Kier alpha value is -0.790. The molecule has 0 saturated carbocycles. The van der Waals surface area contributed by atoms with E-state index in [1.54, 1.807) is 6.33 Å². The highest BCUT2D eigenvalue weighted by Crippen LogP contribution is 2.21. The quantitative estimate of drug-likeness (QED) is 0.693. The van der Waals surface area contributed by atoms with Crippen LogP contribution in [0.1, 0.15) is 50.9 Å². The summed E-state index contributed by atoms with van der Waals surface area (Å²) in [6.45, 7) is 8.70. The SMILES string of the molecule is CC(C)c1nc[nH]c1C(C)C. The maximum atomic E-state index is 4.28. The number of rotatable bonds is 2. The number of nitrogens with one attached hydrogen (secondary N) is 1. The Morgan fingerprint density at radius 1 is 1.18 bits per heavy atom. The Balaban J connectivity index is 2.96. The maximum Gasteiger partial charge on any atom is 0.0925 e. The number of H-pyrrole nitrogens is 1. The molecule has 0 aliphatic carbocycles. The van der Waals surface area contributed by atoms with Crippen LogP contribution in [-0.4, -0.2) is 9.97 Å². The molecule has 1 rings (SSSR count). The zero-order chi connectivity index (χ0) is 8.43. The Morgan fingerprint density at radius 2 is 1.82 bits per heavy atom. The van der Waals surface area contributed by atoms with Gasteiger partial charge in [-0.1, -0.05) is 27.7 Å². The lowest BCUT2D eigenvalue weighted by Gasteiger charge is -2.07. The smallest absolute Gasteiger partial charge is 0.0925 e. The van der Waals surface area contributed by atoms with E-state index in [9.17, 15) is 0 Å². The van der Waals surface area contributed by atoms with Crippen LogP contribution < -0.4 is 0 Å². The van der Waals surface area contributed by atoms with Gasteiger partial charge in [-0.25, -0.2) is 4.98 Å². The van der Waals surface area contributed by atoms with Gasteiger partial charge >= 0.3 is 0 Å². The summed E-state index contributed by atoms with van der Waals surface area (Å²) in [5, 5.41) is 0. The molecule has 0 aromatic carbocycles. The number of aromatic nitrogens is 2. The molecule has 1 aromatic heterocycles. The second kappa shape index (κ2) is 3.07. The van der Waals surface area contributed by atoms with E-state index in [-0.39, 0.29) is 0 Å². The van der Waals surface area contributed by atoms with E-state index in [4.69, 9.17) is 0 Å². The zero-order valence-corrected chi connectivity index (χ0v) is 7.68. The van der Waals surface area contributed by atoms with E-state index in [0.29, 0.717) is 11.8 Å². The number of hydrogen-bond acceptors (Lipinski definition) is 1. The third-order valence-corrected chi connectivity index (χ3v) is 1.82. The molecule has 0 amide bonds. The van der Waals surface area contributed by atoms with Gasteiger partial charge < -0.3 is 4.98 Å². The van der Waals surface area contributed by atoms with Gasteiger partial charge in [0.25, 0.3) is 0 Å². The lowest BCUT2D eigenvalue weighted by Crippen LogP contribution is -1.96. The second-order valence-electron chi connectivity index (χ2n) is 3.51. The van der Waals surface area contributed by atoms with Gasteiger partial charge in [0.05, 0.1) is 12.0 Å². The molecule has 0 atom stereocenters. The molecule has 62 valence electrons. The largest absolute Gasteiger partial charge is 0.348 e. The number of nitrogens with zero attached hydrogens (tertiary/aromatic N) is 1. The predicted octanol–water partition coefficient (Wildman–Crippen LogP) is 2.66. The molecule has 0 saturated heterocycles. The highest BCUT2D eigenvalue weighted by atomic mass is 14.9. The summed E-state index contributed by atoms with van der Waals surface area (Å²) in [6, 6.07) is 0. The van der Waals surface area contributed by atoms with Crippen molar-refractivity contribution >= 4 is 0 Å². The molecule has 0 bridgehead atoms. The van der Waals surface area contributed by atoms with Crippen LogP contribution in [0, 0.1) is 0 Å². The molecule has 2 heteroatoms. The van der Waals surface area contributed by atoms with Crippen LogP contribution in [0.3, 0.4) is 0 Å². The van der Waals surface area contributed by atoms with Gasteiger partial charge in [-0.2, -0.15) is 0 Å². The van der Waals surface area contributed by atoms with E-state index < -0.39 is 0 Å². The highest BCUT2D eigenvalue weighted by Gasteiger charge is 2.11. The van der Waals surface area contributed by atoms with Crippen molar-refractivity contribution < 1.29 is 0 Å². The summed E-state index contributed by atoms with van der Waals surface area (Å²) in [5.74, 6) is 1.08. The second-order valence-corrected chi connectivity index (χ2v) is 3.51. The topological polar surface area (TPSA) is 28.7 Å². The lowest BCUT2D eigenvalue weighted by atomic mass is 10.0. The summed E-state index contributed by atoms with van der Waals surface area (Å²) >= 11 is 0. The fourth-order valence-corrected chi connectivity index (χ4v) is 1.24. The predicted molar refractivity (Wildman–Crippen MR) is 46.8 cm³/mol. The first kappa shape index (κ1) is 8.31. The molecule has 0 aliphatic rings. The average molecular weight is 152 g/mol. The molecule has 1 heterocycles. The molecule has 11 heavy (non-hydrogen) atoms. The molecular weight excluding hydrogens is 136 g/mol. The third kappa shape index (κ3) is 1.62. The fourth-order valence-electron chi connectivity index (χ4n) is 1.24. The molecule has 0 aliphatic heterocycles. The van der Waals surface area contributed by atoms with Crippen molar-refractivity contribution in [1.82, 2.24) is 9.97 Å². The molecular formula is C9H16N2. The number of aromatic amines is 1. The summed E-state index contributed by atoms with van der Waals surface area (Å²) in [7, 11) is 0. The van der Waals surface area contributed by atoms with Crippen molar-refractivity contribution in [3.8, 4) is 0 Å². The summed E-state index contributed by atoms with van der Waals surface area (Å²) < 4.78 is 0. The first-order valence-electron chi connectivity index (χ1n) is 4.16. The van der Waals surface area contributed by atoms with Gasteiger partial charge in [-0.15, -0.1) is 0 Å². The standard InChI is InChI=1S/C9H16N2/c1-6(2)8-9(7(3)4)11-5-10-8/h5-7H,1-4H3,(H,10,11). The zero-order valence-electron chi connectivity index (χ0n) is 7.68. The van der Waals surface area contributed by atoms with E-state index in [0.717, 1.165) is 0 Å². The minimum atomic E-state index is 0.527. The number of hydrogen-bond donors (Lipinski definition) is 1. The van der Waals surface area contributed by atoms with Crippen molar-refractivity contribution in [3.63, 3.8) is 0 Å². The molecule has 0 unspecified atom stereocenters. The molecule has 2 nitrogen and oxygen atoms in total. The Morgan fingerprint density at radius 3 is 2.18 bits per heavy atom. The Bertz CT molecular complexity index is 201. The summed E-state index contributed by atoms with van der Waals surface area (Å²) in [5.41, 5.74) is 2.49. The average Bonchev–Trinajstić information content (AvgIpc) is 2.32. The monoisotopic (exact) mass is 152 g/mol. The first-order valence-corrected chi connectivity index (χ1v) is 4.16. The lowest BCUT2D eigenvalue weighted by molar-refractivity contribution is 0.759. The minimum absolute atomic E-state index is 0.527. The number of imidazole rings is 1. The normalized spacial score (nSPS) is 11.5. The van der Waals surface area contributed by atoms with Gasteiger partial charge in [0, 0.05) is 5.69 Å². The molecule has 1 N–H and O–H groups in total. The molecule has 0 spiro atoms. The van der Waals surface area contributed by atoms with E-state index in [2.05, 4.69) is 37.7 Å². The van der Waals surface area contributed by atoms with Crippen LogP contribution in [0.5, 0.6) is 0 Å². The molecule has 0 fully saturated rings. The summed E-state index contributed by atoms with van der Waals surface area (Å²) in [6.07, 6.45) is 1.78. The van der Waals surface area contributed by atoms with Crippen molar-refractivity contribution in [2.45, 2.75) is 39.5 Å². The van der Waals surface area contributed by atoms with Crippen molar-refractivity contribution in [2.24, 2.45) is 0 Å².